The molecule has 0 spiro atoms. The summed E-state index contributed by atoms with van der Waals surface area (Å²) in [6, 6.07) is 6.83. The van der Waals surface area contributed by atoms with Crippen LogP contribution in [0.15, 0.2) is 23.0 Å². The number of benzene rings is 1. The van der Waals surface area contributed by atoms with Crippen molar-refractivity contribution in [2.24, 2.45) is 0 Å². The van der Waals surface area contributed by atoms with Gasteiger partial charge in [-0.1, -0.05) is 22.6 Å². The van der Waals surface area contributed by atoms with E-state index >= 15 is 0 Å². The lowest BCUT2D eigenvalue weighted by Gasteiger charge is -2.41. The van der Waals surface area contributed by atoms with E-state index in [9.17, 15) is 9.59 Å². The predicted molar refractivity (Wildman–Crippen MR) is 167 cm³/mol. The minimum absolute atomic E-state index is 0.162. The van der Waals surface area contributed by atoms with Crippen LogP contribution in [0.2, 0.25) is 0 Å². The van der Waals surface area contributed by atoms with Gasteiger partial charge in [-0.25, -0.2) is 0 Å². The van der Waals surface area contributed by atoms with Gasteiger partial charge in [-0.2, -0.15) is 0 Å². The third-order valence-corrected chi connectivity index (χ3v) is 8.33. The molecule has 0 saturated heterocycles. The van der Waals surface area contributed by atoms with Crippen molar-refractivity contribution in [3.05, 3.63) is 56.5 Å². The number of aryl methyl sites for hydroxylation is 2. The summed E-state index contributed by atoms with van der Waals surface area (Å²) in [6.45, 7) is 11.3. The van der Waals surface area contributed by atoms with Gasteiger partial charge in [-0.15, -0.1) is 0 Å². The van der Waals surface area contributed by atoms with Crippen LogP contribution in [-0.2, 0) is 11.3 Å². The van der Waals surface area contributed by atoms with E-state index in [2.05, 4.69) is 62.7 Å². The molecule has 0 radical (unpaired) electrons. The number of amides is 1. The quantitative estimate of drug-likeness (QED) is 0.240. The van der Waals surface area contributed by atoms with Crippen LogP contribution in [0.25, 0.3) is 0 Å². The van der Waals surface area contributed by atoms with Crippen molar-refractivity contribution in [3.63, 3.8) is 0 Å². The molecule has 1 aromatic carbocycles. The van der Waals surface area contributed by atoms with Crippen LogP contribution in [-0.4, -0.2) is 72.8 Å². The first-order valence-corrected chi connectivity index (χ1v) is 15.5. The fourth-order valence-electron chi connectivity index (χ4n) is 5.67. The number of likely N-dealkylation sites (N-methyl/N-ethyl adjacent to an activating group) is 1. The average molecular weight is 653 g/mol. The van der Waals surface area contributed by atoms with Gasteiger partial charge in [0.2, 0.25) is 0 Å². The van der Waals surface area contributed by atoms with Crippen LogP contribution in [0, 0.1) is 20.8 Å². The molecule has 1 heterocycles. The zero-order chi connectivity index (χ0) is 28.5. The molecule has 0 unspecified atom stereocenters. The Labute approximate surface area is 247 Å². The van der Waals surface area contributed by atoms with Gasteiger partial charge in [-0.3, -0.25) is 9.59 Å². The Hall–Kier alpha value is -2.11. The van der Waals surface area contributed by atoms with Crippen molar-refractivity contribution in [2.75, 3.05) is 49.8 Å². The maximum absolute atomic E-state index is 13.5. The monoisotopic (exact) mass is 652 g/mol. The molecule has 3 rings (SSSR count). The molecule has 0 bridgehead atoms. The molecule has 1 aromatic heterocycles. The Balaban J connectivity index is 1.83. The van der Waals surface area contributed by atoms with Gasteiger partial charge in [-0.05, 0) is 83.7 Å². The SMILES string of the molecule is CCN(c1cc(OCCI)cc(C(=O)NCc2c(C)cc(C)[nH]c2=O)c1C)[C@H]1CC[C@H](N(C)CCOC)CC1. The summed E-state index contributed by atoms with van der Waals surface area (Å²) < 4.78 is 12.2. The number of hydrogen-bond donors (Lipinski definition) is 2. The summed E-state index contributed by atoms with van der Waals surface area (Å²) in [4.78, 5) is 33.7. The number of halogens is 1. The lowest BCUT2D eigenvalue weighted by atomic mass is 9.88. The Morgan fingerprint density at radius 2 is 1.79 bits per heavy atom. The molecule has 8 nitrogen and oxygen atoms in total. The lowest BCUT2D eigenvalue weighted by molar-refractivity contribution is 0.0949. The van der Waals surface area contributed by atoms with E-state index in [-0.39, 0.29) is 18.0 Å². The van der Waals surface area contributed by atoms with Crippen LogP contribution >= 0.6 is 22.6 Å². The number of rotatable bonds is 13. The van der Waals surface area contributed by atoms with Crippen LogP contribution in [0.5, 0.6) is 5.75 Å². The highest BCUT2D eigenvalue weighted by Crippen LogP contribution is 2.35. The topological polar surface area (TPSA) is 86.9 Å². The van der Waals surface area contributed by atoms with Crippen molar-refractivity contribution in [2.45, 2.75) is 72.0 Å². The number of alkyl halides is 1. The molecular formula is C30H45IN4O4. The second kappa shape index (κ2) is 15.0. The van der Waals surface area contributed by atoms with E-state index < -0.39 is 0 Å². The maximum Gasteiger partial charge on any atom is 0.253 e. The lowest BCUT2D eigenvalue weighted by Crippen LogP contribution is -2.44. The molecular weight excluding hydrogens is 607 g/mol. The fraction of sp³-hybridized carbons (Fsp3) is 0.600. The number of ether oxygens (including phenoxy) is 2. The third-order valence-electron chi connectivity index (χ3n) is 7.89. The van der Waals surface area contributed by atoms with Crippen LogP contribution in [0.1, 0.15) is 65.3 Å². The van der Waals surface area contributed by atoms with Gasteiger partial charge >= 0.3 is 0 Å². The molecule has 1 aliphatic rings. The number of anilines is 1. The van der Waals surface area contributed by atoms with E-state index in [1.54, 1.807) is 7.11 Å². The van der Waals surface area contributed by atoms with E-state index in [4.69, 9.17) is 9.47 Å². The number of carbonyl (C=O) groups is 1. The molecule has 2 N–H and O–H groups in total. The summed E-state index contributed by atoms with van der Waals surface area (Å²) in [6.07, 6.45) is 4.49. The van der Waals surface area contributed by atoms with Crippen molar-refractivity contribution in [1.29, 1.82) is 0 Å². The first-order chi connectivity index (χ1) is 18.7. The molecule has 1 saturated carbocycles. The second-order valence-corrected chi connectivity index (χ2v) is 11.6. The van der Waals surface area contributed by atoms with E-state index in [0.717, 1.165) is 72.3 Å². The third kappa shape index (κ3) is 8.20. The highest BCUT2D eigenvalue weighted by atomic mass is 127. The summed E-state index contributed by atoms with van der Waals surface area (Å²) >= 11 is 2.29. The Bertz CT molecular complexity index is 1160. The van der Waals surface area contributed by atoms with E-state index in [1.165, 1.54) is 0 Å². The second-order valence-electron chi connectivity index (χ2n) is 10.5. The van der Waals surface area contributed by atoms with Crippen molar-refractivity contribution in [3.8, 4) is 5.75 Å². The van der Waals surface area contributed by atoms with E-state index in [0.29, 0.717) is 35.6 Å². The highest BCUT2D eigenvalue weighted by Gasteiger charge is 2.29. The Kier molecular flexibility index (Phi) is 12.1. The van der Waals surface area contributed by atoms with Crippen LogP contribution in [0.3, 0.4) is 0 Å². The number of aromatic amines is 1. The minimum atomic E-state index is -0.201. The summed E-state index contributed by atoms with van der Waals surface area (Å²) in [5, 5.41) is 2.99. The summed E-state index contributed by atoms with van der Waals surface area (Å²) in [7, 11) is 3.94. The number of nitrogens with one attached hydrogen (secondary N) is 2. The number of carbonyl (C=O) groups excluding carboxylic acids is 1. The van der Waals surface area contributed by atoms with Gasteiger partial charge in [0.1, 0.15) is 5.75 Å². The molecule has 39 heavy (non-hydrogen) atoms. The number of methoxy groups -OCH3 is 1. The van der Waals surface area contributed by atoms with Gasteiger partial charge < -0.3 is 29.6 Å². The molecule has 9 heteroatoms. The Morgan fingerprint density at radius 1 is 1.10 bits per heavy atom. The number of aromatic nitrogens is 1. The maximum atomic E-state index is 13.5. The van der Waals surface area contributed by atoms with Gasteiger partial charge in [0.15, 0.2) is 0 Å². The average Bonchev–Trinajstić information content (AvgIpc) is 2.91. The van der Waals surface area contributed by atoms with Crippen molar-refractivity contribution in [1.82, 2.24) is 15.2 Å². The Morgan fingerprint density at radius 3 is 2.41 bits per heavy atom. The number of H-pyrrole nitrogens is 1. The van der Waals surface area contributed by atoms with Gasteiger partial charge in [0, 0.05) is 71.8 Å². The van der Waals surface area contributed by atoms with Gasteiger partial charge in [0.25, 0.3) is 11.5 Å². The summed E-state index contributed by atoms with van der Waals surface area (Å²) in [5.41, 5.74) is 4.66. The molecule has 0 atom stereocenters. The zero-order valence-electron chi connectivity index (χ0n) is 24.4. The molecule has 0 aliphatic heterocycles. The summed E-state index contributed by atoms with van der Waals surface area (Å²) in [5.74, 6) is 0.501. The predicted octanol–water partition coefficient (Wildman–Crippen LogP) is 4.76. The normalized spacial score (nSPS) is 17.3. The highest BCUT2D eigenvalue weighted by molar-refractivity contribution is 14.1. The largest absolute Gasteiger partial charge is 0.493 e. The van der Waals surface area contributed by atoms with Crippen LogP contribution < -0.4 is 20.5 Å². The van der Waals surface area contributed by atoms with Crippen molar-refractivity contribution >= 4 is 34.2 Å². The number of pyridine rings is 1. The molecule has 1 amide bonds. The molecule has 1 fully saturated rings. The molecule has 216 valence electrons. The smallest absolute Gasteiger partial charge is 0.253 e. The first kappa shape index (κ1) is 31.4. The molecule has 1 aliphatic carbocycles. The zero-order valence-corrected chi connectivity index (χ0v) is 26.5. The van der Waals surface area contributed by atoms with Crippen LogP contribution in [0.4, 0.5) is 5.69 Å². The van der Waals surface area contributed by atoms with Crippen molar-refractivity contribution < 1.29 is 14.3 Å². The standard InChI is InChI=1S/C30H45IN4O4/c1-7-35(24-10-8-23(9-11-24)34(5)13-15-38-6)28-18-25(39-14-12-31)17-26(22(28)4)29(36)32-19-27-20(2)16-21(3)33-30(27)37/h16-18,23-24H,7-15,19H2,1-6H3,(H,32,36)(H,33,37)/t23-,24-. The number of nitrogens with zero attached hydrogens (tertiary/aromatic N) is 2. The fourth-order valence-corrected chi connectivity index (χ4v) is 5.89. The van der Waals surface area contributed by atoms with Gasteiger partial charge in [0.05, 0.1) is 13.2 Å². The molecule has 2 aromatic rings. The van der Waals surface area contributed by atoms with E-state index in [1.807, 2.05) is 32.9 Å². The number of hydrogen-bond acceptors (Lipinski definition) is 6. The first-order valence-electron chi connectivity index (χ1n) is 14.0. The minimum Gasteiger partial charge on any atom is -0.493 e.